The van der Waals surface area contributed by atoms with Crippen LogP contribution in [0.4, 0.5) is 11.4 Å². The summed E-state index contributed by atoms with van der Waals surface area (Å²) in [5.74, 6) is 0. The molecule has 1 heterocycles. The quantitative estimate of drug-likeness (QED) is 0.857. The van der Waals surface area contributed by atoms with Crippen LogP contribution in [0.15, 0.2) is 53.4 Å². The van der Waals surface area contributed by atoms with Gasteiger partial charge >= 0.3 is 0 Å². The SMILES string of the molecule is CS(=O)(=O)c1ccc(NC(=S)N2CCc3ccccc32)cc1. The number of benzene rings is 2. The minimum Gasteiger partial charge on any atom is -0.332 e. The lowest BCUT2D eigenvalue weighted by molar-refractivity contribution is 0.602. The van der Waals surface area contributed by atoms with Gasteiger partial charge < -0.3 is 10.2 Å². The van der Waals surface area contributed by atoms with Crippen LogP contribution in [0.5, 0.6) is 0 Å². The van der Waals surface area contributed by atoms with Crippen LogP contribution < -0.4 is 10.2 Å². The number of para-hydroxylation sites is 1. The molecule has 1 aliphatic rings. The van der Waals surface area contributed by atoms with E-state index in [9.17, 15) is 8.42 Å². The van der Waals surface area contributed by atoms with Crippen LogP contribution in [0, 0.1) is 0 Å². The summed E-state index contributed by atoms with van der Waals surface area (Å²) in [4.78, 5) is 2.37. The summed E-state index contributed by atoms with van der Waals surface area (Å²) in [5, 5.41) is 3.79. The Balaban J connectivity index is 1.76. The van der Waals surface area contributed by atoms with Gasteiger partial charge in [0.05, 0.1) is 4.90 Å². The molecule has 0 saturated carbocycles. The van der Waals surface area contributed by atoms with E-state index in [1.807, 2.05) is 12.1 Å². The van der Waals surface area contributed by atoms with Crippen LogP contribution >= 0.6 is 12.2 Å². The topological polar surface area (TPSA) is 49.4 Å². The van der Waals surface area contributed by atoms with Crippen molar-refractivity contribution in [1.29, 1.82) is 0 Å². The largest absolute Gasteiger partial charge is 0.332 e. The molecular formula is C16H16N2O2S2. The minimum atomic E-state index is -3.17. The number of anilines is 2. The van der Waals surface area contributed by atoms with E-state index in [1.54, 1.807) is 24.3 Å². The lowest BCUT2D eigenvalue weighted by Gasteiger charge is -2.21. The van der Waals surface area contributed by atoms with Gasteiger partial charge in [0.15, 0.2) is 14.9 Å². The van der Waals surface area contributed by atoms with Crippen LogP contribution in [0.3, 0.4) is 0 Å². The van der Waals surface area contributed by atoms with E-state index in [0.29, 0.717) is 10.0 Å². The molecule has 0 unspecified atom stereocenters. The van der Waals surface area contributed by atoms with Crippen LogP contribution in [-0.4, -0.2) is 26.3 Å². The van der Waals surface area contributed by atoms with E-state index in [4.69, 9.17) is 12.2 Å². The van der Waals surface area contributed by atoms with Gasteiger partial charge in [-0.25, -0.2) is 8.42 Å². The van der Waals surface area contributed by atoms with E-state index >= 15 is 0 Å². The van der Waals surface area contributed by atoms with Gasteiger partial charge in [0.25, 0.3) is 0 Å². The van der Waals surface area contributed by atoms with Crippen LogP contribution in [-0.2, 0) is 16.3 Å². The van der Waals surface area contributed by atoms with Gasteiger partial charge in [0.2, 0.25) is 0 Å². The van der Waals surface area contributed by atoms with Gasteiger partial charge in [-0.1, -0.05) is 18.2 Å². The zero-order chi connectivity index (χ0) is 15.7. The molecule has 3 rings (SSSR count). The smallest absolute Gasteiger partial charge is 0.177 e. The molecule has 0 aliphatic carbocycles. The first-order valence-corrected chi connectivity index (χ1v) is 9.22. The van der Waals surface area contributed by atoms with Gasteiger partial charge in [-0.3, -0.25) is 0 Å². The van der Waals surface area contributed by atoms with Crippen molar-refractivity contribution >= 4 is 38.5 Å². The lowest BCUT2D eigenvalue weighted by atomic mass is 10.2. The summed E-state index contributed by atoms with van der Waals surface area (Å²) < 4.78 is 22.9. The number of rotatable bonds is 2. The molecule has 0 radical (unpaired) electrons. The molecule has 0 fully saturated rings. The summed E-state index contributed by atoms with van der Waals surface area (Å²) in [6, 6.07) is 14.8. The molecular weight excluding hydrogens is 316 g/mol. The number of nitrogens with zero attached hydrogens (tertiary/aromatic N) is 1. The Bertz CT molecular complexity index is 814. The molecule has 2 aromatic carbocycles. The highest BCUT2D eigenvalue weighted by Crippen LogP contribution is 2.28. The third-order valence-corrected chi connectivity index (χ3v) is 5.12. The molecule has 1 N–H and O–H groups in total. The van der Waals surface area contributed by atoms with Gasteiger partial charge in [0.1, 0.15) is 0 Å². The zero-order valence-corrected chi connectivity index (χ0v) is 13.7. The van der Waals surface area contributed by atoms with Crippen molar-refractivity contribution in [2.45, 2.75) is 11.3 Å². The maximum atomic E-state index is 11.5. The van der Waals surface area contributed by atoms with Gasteiger partial charge in [-0.15, -0.1) is 0 Å². The van der Waals surface area contributed by atoms with Gasteiger partial charge in [-0.05, 0) is 54.5 Å². The maximum Gasteiger partial charge on any atom is 0.177 e. The predicted molar refractivity (Wildman–Crippen MR) is 93.3 cm³/mol. The van der Waals surface area contributed by atoms with Crippen molar-refractivity contribution in [2.24, 2.45) is 0 Å². The number of thiocarbonyl (C=S) groups is 1. The molecule has 1 aliphatic heterocycles. The highest BCUT2D eigenvalue weighted by molar-refractivity contribution is 7.90. The van der Waals surface area contributed by atoms with Crippen molar-refractivity contribution in [3.8, 4) is 0 Å². The second kappa shape index (κ2) is 5.70. The van der Waals surface area contributed by atoms with Crippen LogP contribution in [0.1, 0.15) is 5.56 Å². The monoisotopic (exact) mass is 332 g/mol. The van der Waals surface area contributed by atoms with E-state index in [-0.39, 0.29) is 0 Å². The van der Waals surface area contributed by atoms with E-state index in [1.165, 1.54) is 11.8 Å². The molecule has 0 aromatic heterocycles. The first-order chi connectivity index (χ1) is 10.4. The third kappa shape index (κ3) is 2.98. The summed E-state index contributed by atoms with van der Waals surface area (Å²) in [6.07, 6.45) is 2.17. The lowest BCUT2D eigenvalue weighted by Crippen LogP contribution is -2.33. The first-order valence-electron chi connectivity index (χ1n) is 6.92. The molecule has 0 saturated heterocycles. The van der Waals surface area contributed by atoms with Crippen molar-refractivity contribution in [1.82, 2.24) is 0 Å². The second-order valence-corrected chi connectivity index (χ2v) is 7.66. The molecule has 4 nitrogen and oxygen atoms in total. The molecule has 2 aromatic rings. The van der Waals surface area contributed by atoms with Crippen molar-refractivity contribution in [3.63, 3.8) is 0 Å². The Labute approximate surface area is 135 Å². The molecule has 114 valence electrons. The van der Waals surface area contributed by atoms with E-state index < -0.39 is 9.84 Å². The Morgan fingerprint density at radius 3 is 2.50 bits per heavy atom. The third-order valence-electron chi connectivity index (χ3n) is 3.67. The van der Waals surface area contributed by atoms with Gasteiger partial charge in [0, 0.05) is 24.2 Å². The molecule has 0 amide bonds. The number of hydrogen-bond acceptors (Lipinski definition) is 3. The Hall–Kier alpha value is -1.92. The Kier molecular flexibility index (Phi) is 3.88. The summed E-state index contributed by atoms with van der Waals surface area (Å²) in [5.41, 5.74) is 3.20. The van der Waals surface area contributed by atoms with Crippen molar-refractivity contribution < 1.29 is 8.42 Å². The Morgan fingerprint density at radius 2 is 1.82 bits per heavy atom. The van der Waals surface area contributed by atoms with Crippen LogP contribution in [0.2, 0.25) is 0 Å². The number of nitrogens with one attached hydrogen (secondary N) is 1. The molecule has 6 heteroatoms. The average Bonchev–Trinajstić information content (AvgIpc) is 2.91. The van der Waals surface area contributed by atoms with E-state index in [0.717, 1.165) is 24.3 Å². The standard InChI is InChI=1S/C16H16N2O2S2/c1-22(19,20)14-8-6-13(7-9-14)17-16(21)18-11-10-12-4-2-3-5-15(12)18/h2-9H,10-11H2,1H3,(H,17,21). The summed E-state index contributed by atoms with van der Waals surface area (Å²) in [7, 11) is -3.17. The normalized spacial score (nSPS) is 13.8. The predicted octanol–water partition coefficient (Wildman–Crippen LogP) is 2.85. The first kappa shape index (κ1) is 15.0. The summed E-state index contributed by atoms with van der Waals surface area (Å²) >= 11 is 5.47. The Morgan fingerprint density at radius 1 is 1.14 bits per heavy atom. The second-order valence-electron chi connectivity index (χ2n) is 5.26. The van der Waals surface area contributed by atoms with E-state index in [2.05, 4.69) is 22.3 Å². The highest BCUT2D eigenvalue weighted by Gasteiger charge is 2.21. The number of sulfone groups is 1. The molecule has 0 spiro atoms. The van der Waals surface area contributed by atoms with Gasteiger partial charge in [-0.2, -0.15) is 0 Å². The maximum absolute atomic E-state index is 11.5. The fourth-order valence-electron chi connectivity index (χ4n) is 2.53. The minimum absolute atomic E-state index is 0.301. The number of hydrogen-bond donors (Lipinski definition) is 1. The highest BCUT2D eigenvalue weighted by atomic mass is 32.2. The van der Waals surface area contributed by atoms with Crippen molar-refractivity contribution in [2.75, 3.05) is 23.0 Å². The fourth-order valence-corrected chi connectivity index (χ4v) is 3.46. The van der Waals surface area contributed by atoms with Crippen molar-refractivity contribution in [3.05, 3.63) is 54.1 Å². The fraction of sp³-hybridized carbons (Fsp3) is 0.188. The molecule has 0 atom stereocenters. The average molecular weight is 332 g/mol. The zero-order valence-electron chi connectivity index (χ0n) is 12.1. The molecule has 0 bridgehead atoms. The molecule has 22 heavy (non-hydrogen) atoms. The summed E-state index contributed by atoms with van der Waals surface area (Å²) in [6.45, 7) is 0.854. The number of fused-ring (bicyclic) bond motifs is 1. The van der Waals surface area contributed by atoms with Crippen LogP contribution in [0.25, 0.3) is 0 Å².